The van der Waals surface area contributed by atoms with Gasteiger partial charge in [-0.25, -0.2) is 0 Å². The van der Waals surface area contributed by atoms with Gasteiger partial charge in [-0.2, -0.15) is 0 Å². The summed E-state index contributed by atoms with van der Waals surface area (Å²) in [6.45, 7) is 9.27. The van der Waals surface area contributed by atoms with Crippen molar-refractivity contribution in [3.8, 4) is 22.3 Å². The quantitative estimate of drug-likeness (QED) is 0.106. The average molecular weight is 567 g/mol. The largest absolute Gasteiger partial charge is 0.0654 e. The predicted molar refractivity (Wildman–Crippen MR) is 189 cm³/mol. The molecule has 0 atom stereocenters. The predicted octanol–water partition coefficient (Wildman–Crippen LogP) is 13.5. The van der Waals surface area contributed by atoms with Crippen LogP contribution in [0.5, 0.6) is 0 Å². The molecule has 0 nitrogen and oxygen atoms in total. The van der Waals surface area contributed by atoms with E-state index in [4.69, 9.17) is 0 Å². The van der Waals surface area contributed by atoms with Gasteiger partial charge in [-0.05, 0) is 95.9 Å². The molecule has 0 aliphatic carbocycles. The Morgan fingerprint density at radius 3 is 1.00 bits per heavy atom. The molecule has 0 aliphatic rings. The highest BCUT2D eigenvalue weighted by molar-refractivity contribution is 5.87. The van der Waals surface area contributed by atoms with E-state index in [1.165, 1.54) is 151 Å². The van der Waals surface area contributed by atoms with Gasteiger partial charge in [-0.3, -0.25) is 0 Å². The van der Waals surface area contributed by atoms with Gasteiger partial charge >= 0.3 is 0 Å². The summed E-state index contributed by atoms with van der Waals surface area (Å²) in [6.07, 6.45) is 26.0. The molecule has 3 rings (SSSR count). The third-order valence-corrected chi connectivity index (χ3v) is 9.21. The minimum Gasteiger partial charge on any atom is -0.0654 e. The molecule has 230 valence electrons. The van der Waals surface area contributed by atoms with E-state index in [0.717, 1.165) is 0 Å². The van der Waals surface area contributed by atoms with Gasteiger partial charge in [0, 0.05) is 0 Å². The van der Waals surface area contributed by atoms with Crippen LogP contribution in [0.3, 0.4) is 0 Å². The van der Waals surface area contributed by atoms with Crippen LogP contribution in [-0.4, -0.2) is 0 Å². The van der Waals surface area contributed by atoms with Crippen LogP contribution in [0.2, 0.25) is 0 Å². The van der Waals surface area contributed by atoms with E-state index in [2.05, 4.69) is 88.4 Å². The van der Waals surface area contributed by atoms with Gasteiger partial charge in [0.05, 0.1) is 0 Å². The lowest BCUT2D eigenvalue weighted by atomic mass is 9.83. The zero-order chi connectivity index (χ0) is 29.8. The third-order valence-electron chi connectivity index (χ3n) is 9.21. The molecule has 0 saturated heterocycles. The van der Waals surface area contributed by atoms with Gasteiger partial charge in [0.15, 0.2) is 0 Å². The fourth-order valence-corrected chi connectivity index (χ4v) is 6.73. The highest BCUT2D eigenvalue weighted by atomic mass is 14.2. The number of rotatable bonds is 22. The van der Waals surface area contributed by atoms with Crippen LogP contribution in [-0.2, 0) is 25.7 Å². The van der Waals surface area contributed by atoms with Crippen LogP contribution in [0.25, 0.3) is 22.3 Å². The number of hydrogen-bond acceptors (Lipinski definition) is 0. The van der Waals surface area contributed by atoms with E-state index in [0.29, 0.717) is 0 Å². The molecule has 0 radical (unpaired) electrons. The van der Waals surface area contributed by atoms with Crippen molar-refractivity contribution in [1.82, 2.24) is 0 Å². The highest BCUT2D eigenvalue weighted by Gasteiger charge is 2.17. The Morgan fingerprint density at radius 1 is 0.310 bits per heavy atom. The lowest BCUT2D eigenvalue weighted by Gasteiger charge is -2.21. The van der Waals surface area contributed by atoms with Gasteiger partial charge in [0.25, 0.3) is 0 Å². The molecule has 42 heavy (non-hydrogen) atoms. The van der Waals surface area contributed by atoms with Crippen molar-refractivity contribution in [3.63, 3.8) is 0 Å². The van der Waals surface area contributed by atoms with Gasteiger partial charge in [0.2, 0.25) is 0 Å². The summed E-state index contributed by atoms with van der Waals surface area (Å²) >= 11 is 0. The summed E-state index contributed by atoms with van der Waals surface area (Å²) in [5.41, 5.74) is 12.3. The monoisotopic (exact) mass is 566 g/mol. The number of benzene rings is 3. The fraction of sp³-hybridized carbons (Fsp3) is 0.571. The second-order valence-electron chi connectivity index (χ2n) is 12.7. The van der Waals surface area contributed by atoms with E-state index in [-0.39, 0.29) is 0 Å². The first-order valence-corrected chi connectivity index (χ1v) is 18.1. The van der Waals surface area contributed by atoms with Crippen molar-refractivity contribution < 1.29 is 0 Å². The van der Waals surface area contributed by atoms with Crippen LogP contribution in [0.15, 0.2) is 60.7 Å². The third kappa shape index (κ3) is 10.7. The second-order valence-corrected chi connectivity index (χ2v) is 12.7. The molecule has 3 aromatic carbocycles. The molecule has 0 spiro atoms. The number of aryl methyl sites for hydroxylation is 2. The summed E-state index contributed by atoms with van der Waals surface area (Å²) in [7, 11) is 0. The molecule has 0 aromatic heterocycles. The Balaban J connectivity index is 2.05. The van der Waals surface area contributed by atoms with Gasteiger partial charge < -0.3 is 0 Å². The van der Waals surface area contributed by atoms with E-state index >= 15 is 0 Å². The van der Waals surface area contributed by atoms with Crippen LogP contribution in [0.4, 0.5) is 0 Å². The summed E-state index contributed by atoms with van der Waals surface area (Å²) < 4.78 is 0. The molecular weight excluding hydrogens is 504 g/mol. The molecule has 0 heteroatoms. The first-order chi connectivity index (χ1) is 20.7. The van der Waals surface area contributed by atoms with Crippen LogP contribution < -0.4 is 0 Å². The van der Waals surface area contributed by atoms with Crippen molar-refractivity contribution in [2.24, 2.45) is 0 Å². The Labute approximate surface area is 260 Å². The fourth-order valence-electron chi connectivity index (χ4n) is 6.73. The van der Waals surface area contributed by atoms with Crippen LogP contribution in [0.1, 0.15) is 153 Å². The maximum atomic E-state index is 2.43. The second kappa shape index (κ2) is 20.5. The van der Waals surface area contributed by atoms with Crippen molar-refractivity contribution in [2.75, 3.05) is 0 Å². The Hall–Kier alpha value is -2.34. The van der Waals surface area contributed by atoms with Crippen molar-refractivity contribution in [1.29, 1.82) is 0 Å². The summed E-state index contributed by atoms with van der Waals surface area (Å²) in [6, 6.07) is 23.8. The molecular formula is C42H62. The van der Waals surface area contributed by atoms with Crippen molar-refractivity contribution in [3.05, 3.63) is 82.9 Å². The zero-order valence-corrected chi connectivity index (χ0v) is 27.9. The van der Waals surface area contributed by atoms with E-state index in [9.17, 15) is 0 Å². The SMILES string of the molecule is CCCCCCc1cccc(-c2ccccc2-c2cccc(CCCCCC)c2CCCCCC)c1CCCCCC. The molecule has 0 aliphatic heterocycles. The molecule has 3 aromatic rings. The molecule has 0 fully saturated rings. The molecule has 0 N–H and O–H groups in total. The smallest absolute Gasteiger partial charge is 0.0102 e. The Kier molecular flexibility index (Phi) is 16.7. The number of unbranched alkanes of at least 4 members (excludes halogenated alkanes) is 12. The first-order valence-electron chi connectivity index (χ1n) is 18.1. The van der Waals surface area contributed by atoms with Crippen LogP contribution >= 0.6 is 0 Å². The minimum atomic E-state index is 1.20. The van der Waals surface area contributed by atoms with E-state index in [1.807, 2.05) is 0 Å². The summed E-state index contributed by atoms with van der Waals surface area (Å²) in [5, 5.41) is 0. The van der Waals surface area contributed by atoms with Crippen molar-refractivity contribution >= 4 is 0 Å². The van der Waals surface area contributed by atoms with E-state index in [1.54, 1.807) is 22.3 Å². The topological polar surface area (TPSA) is 0 Å². The lowest BCUT2D eigenvalue weighted by Crippen LogP contribution is -2.02. The number of hydrogen-bond donors (Lipinski definition) is 0. The molecule has 0 heterocycles. The molecule has 0 unspecified atom stereocenters. The standard InChI is InChI=1S/C42H62/c1-5-9-13-17-25-35-27-23-33-39(37(35)29-19-15-11-7-3)41-31-21-22-32-42(41)40-34-24-28-36(26-18-14-10-6-2)38(40)30-20-16-12-8-4/h21-24,27-28,31-34H,5-20,25-26,29-30H2,1-4H3. The average Bonchev–Trinajstić information content (AvgIpc) is 3.02. The Bertz CT molecular complexity index is 1050. The maximum Gasteiger partial charge on any atom is -0.0102 e. The summed E-state index contributed by atoms with van der Waals surface area (Å²) in [5.74, 6) is 0. The summed E-state index contributed by atoms with van der Waals surface area (Å²) in [4.78, 5) is 0. The normalized spacial score (nSPS) is 11.3. The molecule has 0 saturated carbocycles. The van der Waals surface area contributed by atoms with Crippen LogP contribution in [0, 0.1) is 0 Å². The molecule has 0 bridgehead atoms. The lowest BCUT2D eigenvalue weighted by molar-refractivity contribution is 0.651. The first kappa shape index (κ1) is 34.2. The maximum absolute atomic E-state index is 2.43. The van der Waals surface area contributed by atoms with Gasteiger partial charge in [-0.15, -0.1) is 0 Å². The molecule has 0 amide bonds. The Morgan fingerprint density at radius 2 is 0.643 bits per heavy atom. The highest BCUT2D eigenvalue weighted by Crippen LogP contribution is 2.39. The van der Waals surface area contributed by atoms with Gasteiger partial charge in [0.1, 0.15) is 0 Å². The van der Waals surface area contributed by atoms with E-state index < -0.39 is 0 Å². The van der Waals surface area contributed by atoms with Gasteiger partial charge in [-0.1, -0.05) is 165 Å². The zero-order valence-electron chi connectivity index (χ0n) is 27.9. The van der Waals surface area contributed by atoms with Crippen molar-refractivity contribution in [2.45, 2.75) is 156 Å². The minimum absolute atomic E-state index is 1.20.